The van der Waals surface area contributed by atoms with Gasteiger partial charge >= 0.3 is 6.09 Å². The first-order valence-electron chi connectivity index (χ1n) is 3.64. The van der Waals surface area contributed by atoms with Crippen molar-refractivity contribution in [2.45, 2.75) is 19.4 Å². The number of hydrogen-bond donors (Lipinski definition) is 1. The van der Waals surface area contributed by atoms with Gasteiger partial charge in [-0.3, -0.25) is 9.69 Å². The van der Waals surface area contributed by atoms with Gasteiger partial charge in [-0.15, -0.1) is 0 Å². The first-order chi connectivity index (χ1) is 5.54. The Hall–Kier alpha value is -1.26. The molecule has 1 unspecified atom stereocenters. The van der Waals surface area contributed by atoms with Gasteiger partial charge in [-0.2, -0.15) is 0 Å². The van der Waals surface area contributed by atoms with E-state index in [1.165, 1.54) is 19.1 Å². The lowest BCUT2D eigenvalue weighted by Crippen LogP contribution is -2.45. The van der Waals surface area contributed by atoms with E-state index < -0.39 is 18.0 Å². The van der Waals surface area contributed by atoms with Crippen molar-refractivity contribution in [2.75, 3.05) is 14.2 Å². The average molecular weight is 174 g/mol. The van der Waals surface area contributed by atoms with Crippen LogP contribution in [0.1, 0.15) is 13.3 Å². The third-order valence-electron chi connectivity index (χ3n) is 1.65. The van der Waals surface area contributed by atoms with Crippen LogP contribution in [-0.4, -0.2) is 37.1 Å². The minimum Gasteiger partial charge on any atom is -0.453 e. The Morgan fingerprint density at radius 2 is 2.08 bits per heavy atom. The summed E-state index contributed by atoms with van der Waals surface area (Å²) in [5, 5.41) is 0. The fourth-order valence-electron chi connectivity index (χ4n) is 0.937. The standard InChI is InChI=1S/C7H14N2O3/c1-4-5(6(8)10)9(2)7(11)12-3/h5H,4H2,1-3H3,(H2,8,10). The molecule has 0 aromatic heterocycles. The van der Waals surface area contributed by atoms with E-state index in [1.807, 2.05) is 0 Å². The van der Waals surface area contributed by atoms with E-state index in [1.54, 1.807) is 6.92 Å². The number of primary amides is 1. The van der Waals surface area contributed by atoms with Crippen LogP contribution in [0, 0.1) is 0 Å². The van der Waals surface area contributed by atoms with E-state index in [-0.39, 0.29) is 0 Å². The zero-order valence-corrected chi connectivity index (χ0v) is 7.53. The lowest BCUT2D eigenvalue weighted by atomic mass is 10.2. The molecule has 0 heterocycles. The normalized spacial score (nSPS) is 11.9. The quantitative estimate of drug-likeness (QED) is 0.651. The maximum atomic E-state index is 10.9. The highest BCUT2D eigenvalue weighted by Gasteiger charge is 2.23. The first kappa shape index (κ1) is 10.7. The molecular weight excluding hydrogens is 160 g/mol. The molecule has 0 aliphatic heterocycles. The average Bonchev–Trinajstić information content (AvgIpc) is 2.03. The van der Waals surface area contributed by atoms with E-state index >= 15 is 0 Å². The number of amides is 2. The third-order valence-corrected chi connectivity index (χ3v) is 1.65. The van der Waals surface area contributed by atoms with Crippen LogP contribution in [0.2, 0.25) is 0 Å². The van der Waals surface area contributed by atoms with Gasteiger partial charge in [-0.25, -0.2) is 4.79 Å². The second-order valence-electron chi connectivity index (χ2n) is 2.41. The highest BCUT2D eigenvalue weighted by molar-refractivity contribution is 5.83. The number of methoxy groups -OCH3 is 1. The number of carbonyl (C=O) groups excluding carboxylic acids is 2. The van der Waals surface area contributed by atoms with Gasteiger partial charge in [-0.05, 0) is 6.42 Å². The van der Waals surface area contributed by atoms with Crippen molar-refractivity contribution in [3.8, 4) is 0 Å². The molecule has 0 fully saturated rings. The molecule has 0 aromatic carbocycles. The van der Waals surface area contributed by atoms with Crippen LogP contribution in [0.15, 0.2) is 0 Å². The van der Waals surface area contributed by atoms with Crippen molar-refractivity contribution in [1.29, 1.82) is 0 Å². The summed E-state index contributed by atoms with van der Waals surface area (Å²) in [6.07, 6.45) is -0.0679. The minimum absolute atomic E-state index is 0.487. The molecule has 0 saturated carbocycles. The molecule has 0 bridgehead atoms. The molecule has 0 aliphatic rings. The third kappa shape index (κ3) is 2.41. The molecule has 0 radical (unpaired) electrons. The van der Waals surface area contributed by atoms with Crippen molar-refractivity contribution in [3.63, 3.8) is 0 Å². The van der Waals surface area contributed by atoms with Gasteiger partial charge in [0.05, 0.1) is 7.11 Å². The number of rotatable bonds is 3. The Kier molecular flexibility index (Phi) is 4.10. The predicted octanol–water partition coefficient (Wildman–Crippen LogP) is -0.0515. The summed E-state index contributed by atoms with van der Waals surface area (Å²) >= 11 is 0. The van der Waals surface area contributed by atoms with Crippen LogP contribution in [0.4, 0.5) is 4.79 Å². The molecule has 0 aromatic rings. The summed E-state index contributed by atoms with van der Waals surface area (Å²) in [4.78, 5) is 22.9. The number of nitrogens with two attached hydrogens (primary N) is 1. The van der Waals surface area contributed by atoms with Crippen LogP contribution in [0.3, 0.4) is 0 Å². The number of nitrogens with zero attached hydrogens (tertiary/aromatic N) is 1. The smallest absolute Gasteiger partial charge is 0.409 e. The van der Waals surface area contributed by atoms with E-state index in [2.05, 4.69) is 4.74 Å². The SMILES string of the molecule is CCC(C(N)=O)N(C)C(=O)OC. The molecule has 5 nitrogen and oxygen atoms in total. The Bertz CT molecular complexity index is 181. The molecule has 1 atom stereocenters. The summed E-state index contributed by atoms with van der Waals surface area (Å²) in [7, 11) is 2.73. The molecule has 0 saturated heterocycles. The summed E-state index contributed by atoms with van der Waals surface area (Å²) < 4.78 is 4.42. The van der Waals surface area contributed by atoms with Gasteiger partial charge in [0.1, 0.15) is 6.04 Å². The second-order valence-corrected chi connectivity index (χ2v) is 2.41. The molecule has 0 aliphatic carbocycles. The van der Waals surface area contributed by atoms with Gasteiger partial charge in [0, 0.05) is 7.05 Å². The zero-order valence-electron chi connectivity index (χ0n) is 7.53. The van der Waals surface area contributed by atoms with E-state index in [0.717, 1.165) is 0 Å². The summed E-state index contributed by atoms with van der Waals surface area (Å²) in [6.45, 7) is 1.77. The summed E-state index contributed by atoms with van der Waals surface area (Å²) in [6, 6.07) is -0.586. The Morgan fingerprint density at radius 3 is 2.33 bits per heavy atom. The lowest BCUT2D eigenvalue weighted by Gasteiger charge is -2.22. The van der Waals surface area contributed by atoms with Crippen molar-refractivity contribution in [2.24, 2.45) is 5.73 Å². The fourth-order valence-corrected chi connectivity index (χ4v) is 0.937. The first-order valence-corrected chi connectivity index (χ1v) is 3.64. The maximum Gasteiger partial charge on any atom is 0.409 e. The molecule has 70 valence electrons. The Labute approximate surface area is 71.5 Å². The number of hydrogen-bond acceptors (Lipinski definition) is 3. The van der Waals surface area contributed by atoms with Crippen LogP contribution in [0.25, 0.3) is 0 Å². The molecule has 0 spiro atoms. The lowest BCUT2D eigenvalue weighted by molar-refractivity contribution is -0.122. The minimum atomic E-state index is -0.586. The fraction of sp³-hybridized carbons (Fsp3) is 0.714. The monoisotopic (exact) mass is 174 g/mol. The van der Waals surface area contributed by atoms with Crippen molar-refractivity contribution < 1.29 is 14.3 Å². The molecular formula is C7H14N2O3. The summed E-state index contributed by atoms with van der Waals surface area (Å²) in [5.41, 5.74) is 5.05. The van der Waals surface area contributed by atoms with Crippen LogP contribution in [-0.2, 0) is 9.53 Å². The predicted molar refractivity (Wildman–Crippen MR) is 43.4 cm³/mol. The van der Waals surface area contributed by atoms with Gasteiger partial charge in [0.15, 0.2) is 0 Å². The maximum absolute atomic E-state index is 10.9. The molecule has 2 N–H and O–H groups in total. The topological polar surface area (TPSA) is 72.6 Å². The molecule has 5 heteroatoms. The highest BCUT2D eigenvalue weighted by atomic mass is 16.5. The van der Waals surface area contributed by atoms with Gasteiger partial charge in [0.2, 0.25) is 5.91 Å². The molecule has 12 heavy (non-hydrogen) atoms. The molecule has 0 rings (SSSR count). The van der Waals surface area contributed by atoms with E-state index in [0.29, 0.717) is 6.42 Å². The van der Waals surface area contributed by atoms with Crippen LogP contribution in [0.5, 0.6) is 0 Å². The van der Waals surface area contributed by atoms with Crippen molar-refractivity contribution in [3.05, 3.63) is 0 Å². The zero-order chi connectivity index (χ0) is 9.72. The summed E-state index contributed by atoms with van der Waals surface area (Å²) in [5.74, 6) is -0.523. The van der Waals surface area contributed by atoms with Crippen LogP contribution >= 0.6 is 0 Å². The van der Waals surface area contributed by atoms with E-state index in [4.69, 9.17) is 5.73 Å². The Balaban J connectivity index is 4.30. The van der Waals surface area contributed by atoms with Crippen molar-refractivity contribution in [1.82, 2.24) is 4.90 Å². The Morgan fingerprint density at radius 1 is 1.58 bits per heavy atom. The van der Waals surface area contributed by atoms with Gasteiger partial charge in [0.25, 0.3) is 0 Å². The van der Waals surface area contributed by atoms with Crippen molar-refractivity contribution >= 4 is 12.0 Å². The highest BCUT2D eigenvalue weighted by Crippen LogP contribution is 2.02. The van der Waals surface area contributed by atoms with Crippen LogP contribution < -0.4 is 5.73 Å². The van der Waals surface area contributed by atoms with Gasteiger partial charge in [-0.1, -0.05) is 6.92 Å². The number of carbonyl (C=O) groups is 2. The van der Waals surface area contributed by atoms with E-state index in [9.17, 15) is 9.59 Å². The largest absolute Gasteiger partial charge is 0.453 e. The van der Waals surface area contributed by atoms with Gasteiger partial charge < -0.3 is 10.5 Å². The number of likely N-dealkylation sites (N-methyl/N-ethyl adjacent to an activating group) is 1. The second kappa shape index (κ2) is 4.58. The number of ether oxygens (including phenoxy) is 1. The molecule has 2 amide bonds.